The van der Waals surface area contributed by atoms with Crippen LogP contribution >= 0.6 is 0 Å². The lowest BCUT2D eigenvalue weighted by Gasteiger charge is -2.20. The number of anilines is 1. The molecular weight excluding hydrogens is 375 g/mol. The van der Waals surface area contributed by atoms with Gasteiger partial charge in [0, 0.05) is 18.5 Å². The molecule has 0 spiro atoms. The van der Waals surface area contributed by atoms with Gasteiger partial charge < -0.3 is 15.2 Å². The molecule has 0 fully saturated rings. The molecule has 0 saturated carbocycles. The lowest BCUT2D eigenvalue weighted by Crippen LogP contribution is -2.26. The van der Waals surface area contributed by atoms with Gasteiger partial charge in [-0.2, -0.15) is 13.2 Å². The molecule has 1 atom stereocenters. The monoisotopic (exact) mass is 395 g/mol. The van der Waals surface area contributed by atoms with E-state index in [4.69, 9.17) is 9.84 Å². The fraction of sp³-hybridized carbons (Fsp3) is 0.300. The maximum Gasteiger partial charge on any atom is 0.396 e. The van der Waals surface area contributed by atoms with E-state index in [1.807, 2.05) is 0 Å². The molecule has 2 aromatic carbocycles. The number of carbonyl (C=O) groups excluding carboxylic acids is 1. The van der Waals surface area contributed by atoms with E-state index in [0.29, 0.717) is 17.9 Å². The molecule has 0 aromatic heterocycles. The number of carboxylic acid groups (broad SMARTS) is 1. The van der Waals surface area contributed by atoms with Crippen LogP contribution < -0.4 is 10.1 Å². The summed E-state index contributed by atoms with van der Waals surface area (Å²) in [6.07, 6.45) is -4.91. The van der Waals surface area contributed by atoms with Gasteiger partial charge in [0.25, 0.3) is 0 Å². The van der Waals surface area contributed by atoms with Gasteiger partial charge in [-0.1, -0.05) is 30.3 Å². The predicted octanol–water partition coefficient (Wildman–Crippen LogP) is 4.60. The minimum atomic E-state index is -4.54. The Morgan fingerprint density at radius 2 is 1.68 bits per heavy atom. The zero-order valence-electron chi connectivity index (χ0n) is 14.9. The number of alkyl halides is 3. The van der Waals surface area contributed by atoms with E-state index in [9.17, 15) is 22.8 Å². The van der Waals surface area contributed by atoms with Crippen molar-refractivity contribution in [3.8, 4) is 5.75 Å². The highest BCUT2D eigenvalue weighted by Crippen LogP contribution is 2.37. The van der Waals surface area contributed by atoms with E-state index in [2.05, 4.69) is 5.32 Å². The third kappa shape index (κ3) is 6.94. The van der Waals surface area contributed by atoms with Crippen LogP contribution in [0.25, 0.3) is 0 Å². The smallest absolute Gasteiger partial charge is 0.396 e. The second kappa shape index (κ2) is 9.77. The highest BCUT2D eigenvalue weighted by atomic mass is 19.4. The van der Waals surface area contributed by atoms with Crippen molar-refractivity contribution in [3.05, 3.63) is 60.2 Å². The summed E-state index contributed by atoms with van der Waals surface area (Å²) in [5.74, 6) is -3.07. The molecule has 2 aromatic rings. The van der Waals surface area contributed by atoms with Gasteiger partial charge in [0.1, 0.15) is 5.75 Å². The van der Waals surface area contributed by atoms with Gasteiger partial charge >= 0.3 is 12.1 Å². The molecule has 2 rings (SSSR count). The number of halogens is 3. The number of hydrogen-bond donors (Lipinski definition) is 2. The summed E-state index contributed by atoms with van der Waals surface area (Å²) < 4.78 is 45.3. The summed E-state index contributed by atoms with van der Waals surface area (Å²) in [7, 11) is 0. The quantitative estimate of drug-likeness (QED) is 0.608. The minimum absolute atomic E-state index is 0.00404. The van der Waals surface area contributed by atoms with Gasteiger partial charge in [-0.15, -0.1) is 0 Å². The average molecular weight is 395 g/mol. The molecule has 2 N–H and O–H groups in total. The number of ether oxygens (including phenoxy) is 1. The van der Waals surface area contributed by atoms with Crippen molar-refractivity contribution in [3.63, 3.8) is 0 Å². The molecule has 0 aliphatic heterocycles. The Labute approximate surface area is 160 Å². The molecule has 150 valence electrons. The number of hydrogen-bond acceptors (Lipinski definition) is 3. The van der Waals surface area contributed by atoms with Crippen molar-refractivity contribution in [1.29, 1.82) is 0 Å². The second-order valence-corrected chi connectivity index (χ2v) is 6.13. The largest absolute Gasteiger partial charge is 0.494 e. The van der Waals surface area contributed by atoms with Crippen molar-refractivity contribution in [2.24, 2.45) is 0 Å². The first kappa shape index (κ1) is 21.3. The number of nitrogens with one attached hydrogen (secondary N) is 1. The number of carbonyl (C=O) groups is 2. The Hall–Kier alpha value is -3.03. The number of amides is 1. The summed E-state index contributed by atoms with van der Waals surface area (Å²) in [5.41, 5.74) is 0.382. The highest BCUT2D eigenvalue weighted by molar-refractivity contribution is 5.91. The third-order valence-corrected chi connectivity index (χ3v) is 3.93. The van der Waals surface area contributed by atoms with Crippen molar-refractivity contribution < 1.29 is 32.6 Å². The molecular formula is C20H20F3NO4. The van der Waals surface area contributed by atoms with E-state index in [0.717, 1.165) is 0 Å². The van der Waals surface area contributed by atoms with Gasteiger partial charge in [0.2, 0.25) is 5.91 Å². The number of aliphatic carboxylic acids is 1. The predicted molar refractivity (Wildman–Crippen MR) is 97.3 cm³/mol. The van der Waals surface area contributed by atoms with Crippen LogP contribution in [-0.4, -0.2) is 29.8 Å². The van der Waals surface area contributed by atoms with Crippen LogP contribution in [0, 0.1) is 0 Å². The average Bonchev–Trinajstić information content (AvgIpc) is 2.64. The molecule has 1 amide bonds. The topological polar surface area (TPSA) is 75.6 Å². The van der Waals surface area contributed by atoms with Crippen LogP contribution in [0.15, 0.2) is 54.6 Å². The van der Waals surface area contributed by atoms with Gasteiger partial charge in [-0.05, 0) is 36.2 Å². The van der Waals surface area contributed by atoms with E-state index in [1.165, 1.54) is 36.4 Å². The molecule has 0 aliphatic rings. The van der Waals surface area contributed by atoms with Gasteiger partial charge in [-0.25, -0.2) is 0 Å². The summed E-state index contributed by atoms with van der Waals surface area (Å²) in [6.45, 7) is 0.225. The first-order valence-electron chi connectivity index (χ1n) is 8.62. The van der Waals surface area contributed by atoms with Crippen LogP contribution in [0.4, 0.5) is 18.9 Å². The maximum atomic E-state index is 13.3. The number of rotatable bonds is 9. The van der Waals surface area contributed by atoms with E-state index in [1.54, 1.807) is 18.2 Å². The molecule has 8 heteroatoms. The highest BCUT2D eigenvalue weighted by Gasteiger charge is 2.41. The van der Waals surface area contributed by atoms with Crippen LogP contribution in [-0.2, 0) is 9.59 Å². The lowest BCUT2D eigenvalue weighted by atomic mass is 9.95. The third-order valence-electron chi connectivity index (χ3n) is 3.93. The standard InChI is InChI=1S/C20H20F3NO4/c21-20(22,23)17(14-5-2-1-3-6-14)13-18(25)24-15-8-10-16(11-9-15)28-12-4-7-19(26)27/h1-3,5-6,8-11,17H,4,7,12-13H2,(H,24,25)(H,26,27). The van der Waals surface area contributed by atoms with Gasteiger partial charge in [0.05, 0.1) is 12.5 Å². The molecule has 0 radical (unpaired) electrons. The van der Waals surface area contributed by atoms with E-state index in [-0.39, 0.29) is 18.6 Å². The zero-order valence-corrected chi connectivity index (χ0v) is 14.9. The minimum Gasteiger partial charge on any atom is -0.494 e. The summed E-state index contributed by atoms with van der Waals surface area (Å²) in [4.78, 5) is 22.5. The summed E-state index contributed by atoms with van der Waals surface area (Å²) in [5, 5.41) is 11.0. The number of carboxylic acids is 1. The van der Waals surface area contributed by atoms with Crippen LogP contribution in [0.3, 0.4) is 0 Å². The van der Waals surface area contributed by atoms with Crippen molar-refractivity contribution in [2.45, 2.75) is 31.4 Å². The van der Waals surface area contributed by atoms with Crippen LogP contribution in [0.5, 0.6) is 5.75 Å². The summed E-state index contributed by atoms with van der Waals surface area (Å²) in [6, 6.07) is 13.4. The van der Waals surface area contributed by atoms with Crippen molar-refractivity contribution >= 4 is 17.6 Å². The van der Waals surface area contributed by atoms with Crippen molar-refractivity contribution in [1.82, 2.24) is 0 Å². The lowest BCUT2D eigenvalue weighted by molar-refractivity contribution is -0.156. The fourth-order valence-corrected chi connectivity index (χ4v) is 2.55. The Morgan fingerprint density at radius 1 is 1.04 bits per heavy atom. The molecule has 0 aliphatic carbocycles. The molecule has 5 nitrogen and oxygen atoms in total. The Bertz CT molecular complexity index is 776. The maximum absolute atomic E-state index is 13.3. The van der Waals surface area contributed by atoms with Crippen LogP contribution in [0.2, 0.25) is 0 Å². The molecule has 0 heterocycles. The molecule has 0 saturated heterocycles. The Kier molecular flexibility index (Phi) is 7.43. The first-order chi connectivity index (χ1) is 13.3. The van der Waals surface area contributed by atoms with E-state index < -0.39 is 30.4 Å². The van der Waals surface area contributed by atoms with E-state index >= 15 is 0 Å². The molecule has 0 bridgehead atoms. The zero-order chi connectivity index (χ0) is 20.6. The van der Waals surface area contributed by atoms with Gasteiger partial charge in [-0.3, -0.25) is 9.59 Å². The second-order valence-electron chi connectivity index (χ2n) is 6.13. The van der Waals surface area contributed by atoms with Crippen molar-refractivity contribution in [2.75, 3.05) is 11.9 Å². The SMILES string of the molecule is O=C(O)CCCOc1ccc(NC(=O)CC(c2ccccc2)C(F)(F)F)cc1. The Balaban J connectivity index is 1.91. The summed E-state index contributed by atoms with van der Waals surface area (Å²) >= 11 is 0. The van der Waals surface area contributed by atoms with Crippen LogP contribution in [0.1, 0.15) is 30.7 Å². The fourth-order valence-electron chi connectivity index (χ4n) is 2.55. The number of benzene rings is 2. The molecule has 28 heavy (non-hydrogen) atoms. The first-order valence-corrected chi connectivity index (χ1v) is 8.62. The Morgan fingerprint density at radius 3 is 2.25 bits per heavy atom. The molecule has 1 unspecified atom stereocenters. The normalized spacial score (nSPS) is 12.2. The van der Waals surface area contributed by atoms with Gasteiger partial charge in [0.15, 0.2) is 0 Å².